The lowest BCUT2D eigenvalue weighted by molar-refractivity contribution is 0.317. The normalized spacial score (nSPS) is 12.3. The molecule has 18 heavy (non-hydrogen) atoms. The number of halogens is 1. The van der Waals surface area contributed by atoms with Gasteiger partial charge in [-0.25, -0.2) is 16.8 Å². The summed E-state index contributed by atoms with van der Waals surface area (Å²) in [6.45, 7) is 0.199. The maximum Gasteiger partial charge on any atom is 0.232 e. The van der Waals surface area contributed by atoms with Gasteiger partial charge in [0.05, 0.1) is 17.3 Å². The van der Waals surface area contributed by atoms with Gasteiger partial charge in [-0.05, 0) is 30.7 Å². The van der Waals surface area contributed by atoms with E-state index in [0.29, 0.717) is 5.75 Å². The van der Waals surface area contributed by atoms with Gasteiger partial charge in [0.2, 0.25) is 9.05 Å². The Morgan fingerprint density at radius 3 is 2.11 bits per heavy atom. The van der Waals surface area contributed by atoms with Crippen LogP contribution in [0.3, 0.4) is 0 Å². The molecule has 8 heteroatoms. The number of benzene rings is 1. The van der Waals surface area contributed by atoms with Crippen LogP contribution in [0.15, 0.2) is 29.2 Å². The first kappa shape index (κ1) is 15.3. The molecule has 102 valence electrons. The molecule has 0 heterocycles. The Hall–Kier alpha value is -0.790. The highest BCUT2D eigenvalue weighted by molar-refractivity contribution is 8.13. The monoisotopic (exact) mass is 312 g/mol. The van der Waals surface area contributed by atoms with Gasteiger partial charge in [-0.1, -0.05) is 0 Å². The van der Waals surface area contributed by atoms with Gasteiger partial charge in [0.1, 0.15) is 5.75 Å². The minimum atomic E-state index is -3.49. The molecule has 0 amide bonds. The van der Waals surface area contributed by atoms with Crippen LogP contribution in [-0.2, 0) is 18.9 Å². The predicted molar refractivity (Wildman–Crippen MR) is 69.3 cm³/mol. The summed E-state index contributed by atoms with van der Waals surface area (Å²) in [5.74, 6) is 0.324. The lowest BCUT2D eigenvalue weighted by Gasteiger charge is -2.05. The van der Waals surface area contributed by atoms with Crippen LogP contribution in [0.4, 0.5) is 0 Å². The van der Waals surface area contributed by atoms with E-state index in [-0.39, 0.29) is 23.7 Å². The van der Waals surface area contributed by atoms with E-state index in [2.05, 4.69) is 0 Å². The minimum Gasteiger partial charge on any atom is -0.494 e. The Morgan fingerprint density at radius 2 is 1.67 bits per heavy atom. The summed E-state index contributed by atoms with van der Waals surface area (Å²) in [5, 5.41) is 0. The molecular formula is C10H13ClO5S2. The van der Waals surface area contributed by atoms with Crippen LogP contribution < -0.4 is 4.74 Å². The molecule has 0 radical (unpaired) electrons. The van der Waals surface area contributed by atoms with Gasteiger partial charge >= 0.3 is 0 Å². The average Bonchev–Trinajstić information content (AvgIpc) is 2.22. The highest BCUT2D eigenvalue weighted by Gasteiger charge is 2.07. The highest BCUT2D eigenvalue weighted by Crippen LogP contribution is 2.16. The van der Waals surface area contributed by atoms with Crippen LogP contribution in [0.1, 0.15) is 6.42 Å². The Balaban J connectivity index is 2.50. The first-order chi connectivity index (χ1) is 8.18. The number of sulfone groups is 1. The summed E-state index contributed by atoms with van der Waals surface area (Å²) >= 11 is 0. The molecule has 0 aliphatic carbocycles. The molecule has 0 saturated carbocycles. The zero-order chi connectivity index (χ0) is 13.8. The van der Waals surface area contributed by atoms with Crippen LogP contribution in [0.2, 0.25) is 0 Å². The second kappa shape index (κ2) is 5.90. The molecule has 0 atom stereocenters. The van der Waals surface area contributed by atoms with Crippen molar-refractivity contribution in [3.63, 3.8) is 0 Å². The SMILES string of the molecule is CS(=O)(=O)c1ccc(OCCCS(=O)(=O)Cl)cc1. The summed E-state index contributed by atoms with van der Waals surface area (Å²) in [6.07, 6.45) is 1.40. The fourth-order valence-electron chi connectivity index (χ4n) is 1.20. The average molecular weight is 313 g/mol. The molecule has 0 aliphatic rings. The van der Waals surface area contributed by atoms with Crippen molar-refractivity contribution in [1.29, 1.82) is 0 Å². The fraction of sp³-hybridized carbons (Fsp3) is 0.400. The van der Waals surface area contributed by atoms with Crippen molar-refractivity contribution < 1.29 is 21.6 Å². The first-order valence-corrected chi connectivity index (χ1v) is 9.41. The van der Waals surface area contributed by atoms with Crippen molar-refractivity contribution in [2.45, 2.75) is 11.3 Å². The second-order valence-corrected chi connectivity index (χ2v) is 8.60. The van der Waals surface area contributed by atoms with Gasteiger partial charge in [-0.3, -0.25) is 0 Å². The standard InChI is InChI=1S/C10H13ClO5S2/c1-17(12,13)10-5-3-9(4-6-10)16-7-2-8-18(11,14)15/h3-6H,2,7-8H2,1H3. The summed E-state index contributed by atoms with van der Waals surface area (Å²) in [4.78, 5) is 0.207. The Bertz CT molecular complexity index is 590. The second-order valence-electron chi connectivity index (χ2n) is 3.69. The van der Waals surface area contributed by atoms with E-state index in [0.717, 1.165) is 6.26 Å². The third-order valence-corrected chi connectivity index (χ3v) is 4.42. The number of rotatable bonds is 6. The van der Waals surface area contributed by atoms with E-state index in [1.807, 2.05) is 0 Å². The molecule has 0 spiro atoms. The van der Waals surface area contributed by atoms with Gasteiger partial charge in [0.25, 0.3) is 0 Å². The number of hydrogen-bond acceptors (Lipinski definition) is 5. The maximum absolute atomic E-state index is 11.2. The summed E-state index contributed by atoms with van der Waals surface area (Å²) in [6, 6.07) is 5.91. The molecule has 0 bridgehead atoms. The molecule has 1 rings (SSSR count). The van der Waals surface area contributed by atoms with Gasteiger partial charge in [0.15, 0.2) is 9.84 Å². The largest absolute Gasteiger partial charge is 0.494 e. The zero-order valence-electron chi connectivity index (χ0n) is 9.67. The van der Waals surface area contributed by atoms with Crippen molar-refractivity contribution in [3.05, 3.63) is 24.3 Å². The van der Waals surface area contributed by atoms with Crippen molar-refractivity contribution in [1.82, 2.24) is 0 Å². The van der Waals surface area contributed by atoms with Crippen molar-refractivity contribution in [2.24, 2.45) is 0 Å². The lowest BCUT2D eigenvalue weighted by Crippen LogP contribution is -2.05. The third kappa shape index (κ3) is 5.70. The summed E-state index contributed by atoms with van der Waals surface area (Å²) in [5.41, 5.74) is 0. The molecule has 0 fully saturated rings. The minimum absolute atomic E-state index is 0.157. The fourth-order valence-corrected chi connectivity index (χ4v) is 2.62. The molecule has 5 nitrogen and oxygen atoms in total. The molecule has 0 saturated heterocycles. The van der Waals surface area contributed by atoms with E-state index in [4.69, 9.17) is 15.4 Å². The Labute approximate surface area is 111 Å². The molecule has 1 aromatic carbocycles. The van der Waals surface area contributed by atoms with Crippen LogP contribution in [0, 0.1) is 0 Å². The maximum atomic E-state index is 11.2. The van der Waals surface area contributed by atoms with Gasteiger partial charge in [0, 0.05) is 16.9 Å². The van der Waals surface area contributed by atoms with E-state index < -0.39 is 18.9 Å². The molecule has 1 aromatic rings. The summed E-state index contributed by atoms with van der Waals surface area (Å²) in [7, 11) is -1.67. The molecular weight excluding hydrogens is 300 g/mol. The first-order valence-electron chi connectivity index (χ1n) is 5.04. The Kier molecular flexibility index (Phi) is 5.01. The summed E-state index contributed by atoms with van der Waals surface area (Å²) < 4.78 is 48.9. The third-order valence-electron chi connectivity index (χ3n) is 2.05. The molecule has 0 aliphatic heterocycles. The molecule has 0 N–H and O–H groups in total. The lowest BCUT2D eigenvalue weighted by atomic mass is 10.3. The van der Waals surface area contributed by atoms with Crippen LogP contribution >= 0.6 is 10.7 Å². The molecule has 0 unspecified atom stereocenters. The Morgan fingerprint density at radius 1 is 1.11 bits per heavy atom. The topological polar surface area (TPSA) is 77.5 Å². The smallest absolute Gasteiger partial charge is 0.232 e. The van der Waals surface area contributed by atoms with Crippen molar-refractivity contribution in [3.8, 4) is 5.75 Å². The van der Waals surface area contributed by atoms with Gasteiger partial charge in [-0.2, -0.15) is 0 Å². The number of hydrogen-bond donors (Lipinski definition) is 0. The molecule has 0 aromatic heterocycles. The predicted octanol–water partition coefficient (Wildman–Crippen LogP) is 1.43. The van der Waals surface area contributed by atoms with E-state index in [1.54, 1.807) is 0 Å². The highest BCUT2D eigenvalue weighted by atomic mass is 35.7. The van der Waals surface area contributed by atoms with E-state index in [1.165, 1.54) is 24.3 Å². The van der Waals surface area contributed by atoms with Crippen LogP contribution in [0.5, 0.6) is 5.75 Å². The van der Waals surface area contributed by atoms with Gasteiger partial charge in [-0.15, -0.1) is 0 Å². The number of ether oxygens (including phenoxy) is 1. The van der Waals surface area contributed by atoms with Crippen LogP contribution in [0.25, 0.3) is 0 Å². The van der Waals surface area contributed by atoms with Crippen molar-refractivity contribution >= 4 is 29.6 Å². The van der Waals surface area contributed by atoms with Crippen LogP contribution in [-0.4, -0.2) is 35.5 Å². The van der Waals surface area contributed by atoms with E-state index >= 15 is 0 Å². The van der Waals surface area contributed by atoms with Crippen molar-refractivity contribution in [2.75, 3.05) is 18.6 Å². The quantitative estimate of drug-likeness (QED) is 0.586. The van der Waals surface area contributed by atoms with Gasteiger partial charge < -0.3 is 4.74 Å². The zero-order valence-corrected chi connectivity index (χ0v) is 12.1. The van der Waals surface area contributed by atoms with E-state index in [9.17, 15) is 16.8 Å².